The molecule has 1 fully saturated rings. The van der Waals surface area contributed by atoms with Crippen molar-refractivity contribution in [3.8, 4) is 0 Å². The fourth-order valence-electron chi connectivity index (χ4n) is 2.88. The number of hydrogen-bond acceptors (Lipinski definition) is 3. The summed E-state index contributed by atoms with van der Waals surface area (Å²) in [5.41, 5.74) is 1.14. The van der Waals surface area contributed by atoms with Crippen molar-refractivity contribution in [3.05, 3.63) is 65.5 Å². The molecular formula is C18H19F2N3O2. The summed E-state index contributed by atoms with van der Waals surface area (Å²) in [5.74, 6) is -0.979. The third-order valence-corrected chi connectivity index (χ3v) is 4.11. The summed E-state index contributed by atoms with van der Waals surface area (Å²) in [6, 6.07) is 6.50. The Hall–Kier alpha value is -2.54. The summed E-state index contributed by atoms with van der Waals surface area (Å²) in [4.78, 5) is 16.1. The molecule has 1 aliphatic heterocycles. The van der Waals surface area contributed by atoms with E-state index in [1.165, 1.54) is 0 Å². The predicted octanol–water partition coefficient (Wildman–Crippen LogP) is 2.73. The first-order valence-corrected chi connectivity index (χ1v) is 8.13. The number of amides is 2. The van der Waals surface area contributed by atoms with Gasteiger partial charge in [0.05, 0.1) is 6.04 Å². The molecule has 2 amide bonds. The van der Waals surface area contributed by atoms with Crippen molar-refractivity contribution < 1.29 is 18.3 Å². The zero-order valence-corrected chi connectivity index (χ0v) is 13.5. The molecule has 2 atom stereocenters. The molecule has 3 rings (SSSR count). The van der Waals surface area contributed by atoms with Crippen molar-refractivity contribution in [2.75, 3.05) is 13.2 Å². The molecule has 5 nitrogen and oxygen atoms in total. The van der Waals surface area contributed by atoms with Crippen LogP contribution in [0.15, 0.2) is 42.7 Å². The summed E-state index contributed by atoms with van der Waals surface area (Å²) >= 11 is 0. The lowest BCUT2D eigenvalue weighted by molar-refractivity contribution is 0.0997. The van der Waals surface area contributed by atoms with Gasteiger partial charge in [-0.2, -0.15) is 0 Å². The monoisotopic (exact) mass is 347 g/mol. The quantitative estimate of drug-likeness (QED) is 0.874. The van der Waals surface area contributed by atoms with Crippen LogP contribution in [-0.4, -0.2) is 30.2 Å². The highest BCUT2D eigenvalue weighted by Crippen LogP contribution is 2.28. The van der Waals surface area contributed by atoms with E-state index in [2.05, 4.69) is 15.6 Å². The van der Waals surface area contributed by atoms with Crippen LogP contribution in [0.3, 0.4) is 0 Å². The number of hydrogen-bond donors (Lipinski definition) is 2. The van der Waals surface area contributed by atoms with E-state index in [1.54, 1.807) is 12.4 Å². The Bertz CT molecular complexity index is 728. The van der Waals surface area contributed by atoms with E-state index in [1.807, 2.05) is 12.1 Å². The van der Waals surface area contributed by atoms with Crippen LogP contribution >= 0.6 is 0 Å². The van der Waals surface area contributed by atoms with Crippen molar-refractivity contribution in [2.24, 2.45) is 0 Å². The van der Waals surface area contributed by atoms with Gasteiger partial charge in [-0.1, -0.05) is 6.07 Å². The molecule has 0 aliphatic carbocycles. The van der Waals surface area contributed by atoms with Gasteiger partial charge in [0, 0.05) is 31.1 Å². The Balaban J connectivity index is 1.50. The molecule has 2 heterocycles. The van der Waals surface area contributed by atoms with Gasteiger partial charge in [-0.25, -0.2) is 13.6 Å². The van der Waals surface area contributed by atoms with Gasteiger partial charge in [0.2, 0.25) is 0 Å². The van der Waals surface area contributed by atoms with Gasteiger partial charge >= 0.3 is 6.03 Å². The SMILES string of the molecule is O=C(NCCc1cc(F)ccc1F)N[C@@H]1CCO[C@H]1c1cccnc1. The number of benzene rings is 1. The Morgan fingerprint density at radius 3 is 3.00 bits per heavy atom. The fraction of sp³-hybridized carbons (Fsp3) is 0.333. The van der Waals surface area contributed by atoms with Crippen LogP contribution in [0.4, 0.5) is 13.6 Å². The highest BCUT2D eigenvalue weighted by molar-refractivity contribution is 5.74. The molecule has 1 aliphatic rings. The van der Waals surface area contributed by atoms with E-state index >= 15 is 0 Å². The molecule has 2 N–H and O–H groups in total. The maximum Gasteiger partial charge on any atom is 0.315 e. The maximum absolute atomic E-state index is 13.5. The second-order valence-corrected chi connectivity index (χ2v) is 5.86. The van der Waals surface area contributed by atoms with Gasteiger partial charge in [-0.05, 0) is 42.7 Å². The van der Waals surface area contributed by atoms with E-state index in [0.29, 0.717) is 13.0 Å². The smallest absolute Gasteiger partial charge is 0.315 e. The number of ether oxygens (including phenoxy) is 1. The van der Waals surface area contributed by atoms with Crippen LogP contribution in [0.1, 0.15) is 23.7 Å². The molecule has 2 aromatic rings. The van der Waals surface area contributed by atoms with E-state index in [4.69, 9.17) is 4.74 Å². The third kappa shape index (κ3) is 4.51. The first-order chi connectivity index (χ1) is 12.1. The van der Waals surface area contributed by atoms with Crippen LogP contribution in [0.5, 0.6) is 0 Å². The molecule has 0 spiro atoms. The molecule has 132 valence electrons. The number of nitrogens with one attached hydrogen (secondary N) is 2. The van der Waals surface area contributed by atoms with Crippen LogP contribution in [0.25, 0.3) is 0 Å². The number of aromatic nitrogens is 1. The molecule has 0 bridgehead atoms. The number of halogens is 2. The second-order valence-electron chi connectivity index (χ2n) is 5.86. The normalized spacial score (nSPS) is 19.6. The van der Waals surface area contributed by atoms with Crippen molar-refractivity contribution in [3.63, 3.8) is 0 Å². The molecule has 0 radical (unpaired) electrons. The Kier molecular flexibility index (Phi) is 5.55. The maximum atomic E-state index is 13.5. The number of carbonyl (C=O) groups excluding carboxylic acids is 1. The van der Waals surface area contributed by atoms with Gasteiger partial charge in [0.1, 0.15) is 17.7 Å². The number of rotatable bonds is 5. The number of pyridine rings is 1. The Labute approximate surface area is 144 Å². The van der Waals surface area contributed by atoms with Gasteiger partial charge < -0.3 is 15.4 Å². The first kappa shape index (κ1) is 17.3. The molecule has 7 heteroatoms. The number of carbonyl (C=O) groups is 1. The highest BCUT2D eigenvalue weighted by atomic mass is 19.1. The molecule has 0 unspecified atom stereocenters. The van der Waals surface area contributed by atoms with E-state index in [-0.39, 0.29) is 36.7 Å². The van der Waals surface area contributed by atoms with E-state index in [9.17, 15) is 13.6 Å². The molecule has 0 saturated carbocycles. The molecular weight excluding hydrogens is 328 g/mol. The molecule has 25 heavy (non-hydrogen) atoms. The third-order valence-electron chi connectivity index (χ3n) is 4.11. The zero-order chi connectivity index (χ0) is 17.6. The predicted molar refractivity (Wildman–Crippen MR) is 87.9 cm³/mol. The van der Waals surface area contributed by atoms with Gasteiger partial charge in [0.25, 0.3) is 0 Å². The van der Waals surface area contributed by atoms with E-state index in [0.717, 1.165) is 23.8 Å². The minimum absolute atomic E-state index is 0.157. The lowest BCUT2D eigenvalue weighted by Crippen LogP contribution is -2.43. The van der Waals surface area contributed by atoms with Crippen molar-refractivity contribution in [1.29, 1.82) is 0 Å². The number of nitrogens with zero attached hydrogens (tertiary/aromatic N) is 1. The lowest BCUT2D eigenvalue weighted by atomic mass is 10.0. The summed E-state index contributed by atoms with van der Waals surface area (Å²) in [6.45, 7) is 0.760. The lowest BCUT2D eigenvalue weighted by Gasteiger charge is -2.20. The summed E-state index contributed by atoms with van der Waals surface area (Å²) in [6.07, 6.45) is 4.07. The van der Waals surface area contributed by atoms with Gasteiger partial charge in [-0.15, -0.1) is 0 Å². The molecule has 1 saturated heterocycles. The largest absolute Gasteiger partial charge is 0.371 e. The first-order valence-electron chi connectivity index (χ1n) is 8.13. The summed E-state index contributed by atoms with van der Waals surface area (Å²) in [7, 11) is 0. The van der Waals surface area contributed by atoms with Crippen LogP contribution < -0.4 is 10.6 Å². The number of urea groups is 1. The average molecular weight is 347 g/mol. The minimum atomic E-state index is -0.497. The van der Waals surface area contributed by atoms with Crippen molar-refractivity contribution in [1.82, 2.24) is 15.6 Å². The second kappa shape index (κ2) is 8.02. The van der Waals surface area contributed by atoms with Gasteiger partial charge in [0.15, 0.2) is 0 Å². The Morgan fingerprint density at radius 2 is 2.20 bits per heavy atom. The topological polar surface area (TPSA) is 63.2 Å². The standard InChI is InChI=1S/C18H19F2N3O2/c19-14-3-4-15(20)12(10-14)5-8-22-18(24)23-16-6-9-25-17(16)13-2-1-7-21-11-13/h1-4,7,10-11,16-17H,5-6,8-9H2,(H2,22,23,24)/t16-,17+/m1/s1. The van der Waals surface area contributed by atoms with E-state index < -0.39 is 11.6 Å². The summed E-state index contributed by atoms with van der Waals surface area (Å²) in [5, 5.41) is 5.54. The van der Waals surface area contributed by atoms with Crippen LogP contribution in [0.2, 0.25) is 0 Å². The summed E-state index contributed by atoms with van der Waals surface area (Å²) < 4.78 is 32.3. The van der Waals surface area contributed by atoms with Crippen molar-refractivity contribution >= 4 is 6.03 Å². The Morgan fingerprint density at radius 1 is 1.32 bits per heavy atom. The fourth-order valence-corrected chi connectivity index (χ4v) is 2.88. The minimum Gasteiger partial charge on any atom is -0.371 e. The molecule has 1 aromatic carbocycles. The van der Waals surface area contributed by atoms with Crippen LogP contribution in [0, 0.1) is 11.6 Å². The molecule has 1 aromatic heterocycles. The van der Waals surface area contributed by atoms with Crippen molar-refractivity contribution in [2.45, 2.75) is 25.0 Å². The zero-order valence-electron chi connectivity index (χ0n) is 13.5. The highest BCUT2D eigenvalue weighted by Gasteiger charge is 2.30. The average Bonchev–Trinajstić information content (AvgIpc) is 3.07. The van der Waals surface area contributed by atoms with Crippen LogP contribution in [-0.2, 0) is 11.2 Å². The van der Waals surface area contributed by atoms with Gasteiger partial charge in [-0.3, -0.25) is 4.98 Å².